The normalized spacial score (nSPS) is 49.8. The Hall–Kier alpha value is -0.630. The Morgan fingerprint density at radius 2 is 2.42 bits per heavy atom. The molecule has 3 aliphatic heterocycles. The van der Waals surface area contributed by atoms with Crippen LogP contribution in [0.3, 0.4) is 0 Å². The molecule has 0 radical (unpaired) electrons. The maximum absolute atomic E-state index is 11.5. The molecular formula is C10H13NO. The molecule has 3 aliphatic rings. The summed E-state index contributed by atoms with van der Waals surface area (Å²) in [6.45, 7) is 1.14. The third-order valence-corrected chi connectivity index (χ3v) is 3.54. The lowest BCUT2D eigenvalue weighted by Gasteiger charge is -2.34. The fourth-order valence-corrected chi connectivity index (χ4v) is 3.06. The minimum atomic E-state index is 0.272. The summed E-state index contributed by atoms with van der Waals surface area (Å²) < 4.78 is 0. The maximum Gasteiger partial charge on any atom is 0.172 e. The van der Waals surface area contributed by atoms with Crippen molar-refractivity contribution in [2.45, 2.75) is 31.3 Å². The Balaban J connectivity index is 2.03. The van der Waals surface area contributed by atoms with Crippen molar-refractivity contribution in [2.24, 2.45) is 5.92 Å². The molecule has 0 aliphatic carbocycles. The number of ketones is 1. The van der Waals surface area contributed by atoms with E-state index in [4.69, 9.17) is 0 Å². The zero-order valence-electron chi connectivity index (χ0n) is 7.07. The third-order valence-electron chi connectivity index (χ3n) is 3.54. The Labute approximate surface area is 72.2 Å². The second-order valence-electron chi connectivity index (χ2n) is 4.15. The summed E-state index contributed by atoms with van der Waals surface area (Å²) in [6, 6.07) is 0.869. The quantitative estimate of drug-likeness (QED) is 0.530. The predicted molar refractivity (Wildman–Crippen MR) is 45.8 cm³/mol. The van der Waals surface area contributed by atoms with Crippen LogP contribution in [0.5, 0.6) is 0 Å². The molecule has 3 heterocycles. The van der Waals surface area contributed by atoms with Gasteiger partial charge in [-0.3, -0.25) is 9.69 Å². The average molecular weight is 163 g/mol. The van der Waals surface area contributed by atoms with E-state index < -0.39 is 0 Å². The van der Waals surface area contributed by atoms with Crippen molar-refractivity contribution in [1.29, 1.82) is 0 Å². The highest BCUT2D eigenvalue weighted by atomic mass is 16.1. The number of hydrogen-bond acceptors (Lipinski definition) is 2. The van der Waals surface area contributed by atoms with Crippen molar-refractivity contribution < 1.29 is 4.79 Å². The molecule has 0 N–H and O–H groups in total. The first-order chi connectivity index (χ1) is 5.86. The number of nitrogens with zero attached hydrogens (tertiary/aromatic N) is 1. The molecule has 3 rings (SSSR count). The van der Waals surface area contributed by atoms with Crippen LogP contribution in [0.15, 0.2) is 12.2 Å². The minimum Gasteiger partial charge on any atom is -0.293 e. The van der Waals surface area contributed by atoms with Crippen LogP contribution in [0.2, 0.25) is 0 Å². The van der Waals surface area contributed by atoms with E-state index >= 15 is 0 Å². The topological polar surface area (TPSA) is 20.3 Å². The molecule has 2 fully saturated rings. The number of rotatable bonds is 0. The smallest absolute Gasteiger partial charge is 0.172 e. The van der Waals surface area contributed by atoms with Crippen LogP contribution in [0.1, 0.15) is 19.3 Å². The van der Waals surface area contributed by atoms with Crippen LogP contribution in [0.25, 0.3) is 0 Å². The molecule has 0 aromatic carbocycles. The molecule has 0 amide bonds. The van der Waals surface area contributed by atoms with Gasteiger partial charge >= 0.3 is 0 Å². The zero-order valence-corrected chi connectivity index (χ0v) is 7.07. The minimum absolute atomic E-state index is 0.272. The van der Waals surface area contributed by atoms with E-state index in [1.807, 2.05) is 0 Å². The number of hydrogen-bond donors (Lipinski definition) is 0. The molecule has 4 bridgehead atoms. The van der Waals surface area contributed by atoms with Gasteiger partial charge < -0.3 is 0 Å². The van der Waals surface area contributed by atoms with Crippen LogP contribution in [-0.4, -0.2) is 29.3 Å². The Morgan fingerprint density at radius 3 is 3.25 bits per heavy atom. The van der Waals surface area contributed by atoms with Crippen molar-refractivity contribution >= 4 is 5.78 Å². The van der Waals surface area contributed by atoms with E-state index in [0.717, 1.165) is 6.54 Å². The van der Waals surface area contributed by atoms with Gasteiger partial charge in [0.05, 0.1) is 6.04 Å². The summed E-state index contributed by atoms with van der Waals surface area (Å²) >= 11 is 0. The number of carbonyl (C=O) groups excluding carboxylic acids is 1. The van der Waals surface area contributed by atoms with Crippen molar-refractivity contribution in [3.63, 3.8) is 0 Å². The molecule has 0 spiro atoms. The van der Waals surface area contributed by atoms with Gasteiger partial charge in [-0.1, -0.05) is 6.08 Å². The maximum atomic E-state index is 11.5. The van der Waals surface area contributed by atoms with Crippen LogP contribution >= 0.6 is 0 Å². The van der Waals surface area contributed by atoms with Gasteiger partial charge in [-0.15, -0.1) is 0 Å². The summed E-state index contributed by atoms with van der Waals surface area (Å²) in [5, 5.41) is 0. The Kier molecular flexibility index (Phi) is 1.25. The number of piperidine rings is 1. The lowest BCUT2D eigenvalue weighted by molar-refractivity contribution is -0.121. The van der Waals surface area contributed by atoms with Gasteiger partial charge in [0.1, 0.15) is 0 Å². The standard InChI is InChI=1S/C10H13NO/c12-9-4-3-8-6-7-2-1-5-11(8)10(7)9/h3-4,7-8,10H,1-2,5-6H2/t7-,8-,10-/m1/s1. The van der Waals surface area contributed by atoms with E-state index in [1.165, 1.54) is 19.3 Å². The van der Waals surface area contributed by atoms with Crippen molar-refractivity contribution in [2.75, 3.05) is 6.54 Å². The van der Waals surface area contributed by atoms with Crippen molar-refractivity contribution in [1.82, 2.24) is 4.90 Å². The van der Waals surface area contributed by atoms with Crippen LogP contribution in [0, 0.1) is 5.92 Å². The van der Waals surface area contributed by atoms with E-state index in [-0.39, 0.29) is 6.04 Å². The number of carbonyl (C=O) groups is 1. The largest absolute Gasteiger partial charge is 0.293 e. The molecular weight excluding hydrogens is 150 g/mol. The molecule has 2 nitrogen and oxygen atoms in total. The second-order valence-corrected chi connectivity index (χ2v) is 4.15. The summed E-state index contributed by atoms with van der Waals surface area (Å²) in [4.78, 5) is 13.9. The van der Waals surface area contributed by atoms with Gasteiger partial charge in [-0.05, 0) is 37.8 Å². The van der Waals surface area contributed by atoms with E-state index in [0.29, 0.717) is 17.7 Å². The molecule has 64 valence electrons. The average Bonchev–Trinajstić information content (AvgIpc) is 2.24. The van der Waals surface area contributed by atoms with Crippen LogP contribution in [-0.2, 0) is 4.79 Å². The first kappa shape index (κ1) is 6.84. The van der Waals surface area contributed by atoms with Gasteiger partial charge in [-0.2, -0.15) is 0 Å². The third kappa shape index (κ3) is 0.712. The summed E-state index contributed by atoms with van der Waals surface area (Å²) in [5.74, 6) is 1.03. The molecule has 2 saturated heterocycles. The van der Waals surface area contributed by atoms with E-state index in [9.17, 15) is 4.79 Å². The lowest BCUT2D eigenvalue weighted by Crippen LogP contribution is -2.47. The summed E-state index contributed by atoms with van der Waals surface area (Å²) in [6.07, 6.45) is 7.69. The molecule has 1 unspecified atom stereocenters. The second kappa shape index (κ2) is 2.19. The van der Waals surface area contributed by atoms with Crippen molar-refractivity contribution in [3.8, 4) is 0 Å². The molecule has 0 aromatic rings. The highest BCUT2D eigenvalue weighted by Gasteiger charge is 2.47. The van der Waals surface area contributed by atoms with E-state index in [2.05, 4.69) is 11.0 Å². The van der Waals surface area contributed by atoms with Gasteiger partial charge in [0.25, 0.3) is 0 Å². The fourth-order valence-electron chi connectivity index (χ4n) is 3.06. The van der Waals surface area contributed by atoms with Gasteiger partial charge in [-0.25, -0.2) is 0 Å². The highest BCUT2D eigenvalue weighted by Crippen LogP contribution is 2.40. The monoisotopic (exact) mass is 163 g/mol. The van der Waals surface area contributed by atoms with Crippen LogP contribution in [0.4, 0.5) is 0 Å². The van der Waals surface area contributed by atoms with Crippen molar-refractivity contribution in [3.05, 3.63) is 12.2 Å². The first-order valence-electron chi connectivity index (χ1n) is 4.84. The SMILES string of the molecule is O=C1C=C[C@@H]2C[C@H]3CCCN2[C@@H]13. The lowest BCUT2D eigenvalue weighted by atomic mass is 9.90. The molecule has 4 atom stereocenters. The predicted octanol–water partition coefficient (Wildman–Crippen LogP) is 0.978. The summed E-state index contributed by atoms with van der Waals surface area (Å²) in [5.41, 5.74) is 0. The fraction of sp³-hybridized carbons (Fsp3) is 0.700. The van der Waals surface area contributed by atoms with Gasteiger partial charge in [0.15, 0.2) is 5.78 Å². The van der Waals surface area contributed by atoms with E-state index in [1.54, 1.807) is 6.08 Å². The van der Waals surface area contributed by atoms with Gasteiger partial charge in [0, 0.05) is 6.04 Å². The molecule has 0 aromatic heterocycles. The zero-order chi connectivity index (χ0) is 8.13. The molecule has 12 heavy (non-hydrogen) atoms. The van der Waals surface area contributed by atoms with Crippen LogP contribution < -0.4 is 0 Å². The summed E-state index contributed by atoms with van der Waals surface area (Å²) in [7, 11) is 0. The molecule has 2 heteroatoms. The highest BCUT2D eigenvalue weighted by molar-refractivity contribution is 5.96. The molecule has 0 saturated carbocycles. The van der Waals surface area contributed by atoms with Gasteiger partial charge in [0.2, 0.25) is 0 Å². The first-order valence-corrected chi connectivity index (χ1v) is 4.84. The Bertz CT molecular complexity index is 259. The Morgan fingerprint density at radius 1 is 1.50 bits per heavy atom.